The van der Waals surface area contributed by atoms with E-state index in [9.17, 15) is 0 Å². The molecule has 4 aromatic rings. The number of rotatable bonds is 6. The van der Waals surface area contributed by atoms with Gasteiger partial charge in [0.2, 0.25) is 16.9 Å². The molecule has 0 fully saturated rings. The van der Waals surface area contributed by atoms with Crippen LogP contribution >= 0.6 is 11.8 Å². The molecule has 0 aliphatic rings. The third kappa shape index (κ3) is 3.61. The fourth-order valence-electron chi connectivity index (χ4n) is 2.67. The second-order valence-electron chi connectivity index (χ2n) is 6.12. The third-order valence-corrected chi connectivity index (χ3v) is 5.12. The maximum Gasteiger partial charge on any atom is 0.247 e. The van der Waals surface area contributed by atoms with Crippen LogP contribution in [0, 0.1) is 6.92 Å². The van der Waals surface area contributed by atoms with E-state index in [1.807, 2.05) is 62.4 Å². The predicted octanol–water partition coefficient (Wildman–Crippen LogP) is 3.88. The van der Waals surface area contributed by atoms with E-state index in [-0.39, 0.29) is 5.25 Å². The van der Waals surface area contributed by atoms with Crippen molar-refractivity contribution >= 4 is 11.8 Å². The second-order valence-corrected chi connectivity index (χ2v) is 7.43. The molecule has 9 heteroatoms. The van der Waals surface area contributed by atoms with E-state index in [2.05, 4.69) is 25.7 Å². The van der Waals surface area contributed by atoms with Crippen molar-refractivity contribution in [2.45, 2.75) is 24.3 Å². The molecule has 0 amide bonds. The summed E-state index contributed by atoms with van der Waals surface area (Å²) in [6.45, 7) is 3.98. The van der Waals surface area contributed by atoms with Crippen LogP contribution in [0.5, 0.6) is 5.75 Å². The van der Waals surface area contributed by atoms with Crippen LogP contribution in [0.3, 0.4) is 0 Å². The van der Waals surface area contributed by atoms with E-state index >= 15 is 0 Å². The van der Waals surface area contributed by atoms with E-state index < -0.39 is 0 Å². The minimum absolute atomic E-state index is 0.134. The molecule has 2 aromatic carbocycles. The van der Waals surface area contributed by atoms with Gasteiger partial charge in [0.1, 0.15) is 11.4 Å². The molecular weight excluding hydrogens is 376 g/mol. The Morgan fingerprint density at radius 2 is 1.89 bits per heavy atom. The van der Waals surface area contributed by atoms with Crippen molar-refractivity contribution in [3.8, 4) is 22.9 Å². The maximum atomic E-state index is 5.84. The maximum absolute atomic E-state index is 5.84. The lowest BCUT2D eigenvalue weighted by molar-refractivity contribution is 0.410. The number of aryl methyl sites for hydroxylation is 1. The number of tetrazole rings is 1. The zero-order chi connectivity index (χ0) is 19.5. The van der Waals surface area contributed by atoms with Crippen molar-refractivity contribution in [2.75, 3.05) is 7.11 Å². The van der Waals surface area contributed by atoms with Gasteiger partial charge >= 0.3 is 0 Å². The highest BCUT2D eigenvalue weighted by molar-refractivity contribution is 7.99. The molecule has 8 nitrogen and oxygen atoms in total. The van der Waals surface area contributed by atoms with Crippen LogP contribution in [0.25, 0.3) is 17.1 Å². The highest BCUT2D eigenvalue weighted by Crippen LogP contribution is 2.35. The van der Waals surface area contributed by atoms with Crippen LogP contribution < -0.4 is 4.74 Å². The Labute approximate surface area is 165 Å². The topological polar surface area (TPSA) is 91.8 Å². The molecule has 0 saturated heterocycles. The van der Waals surface area contributed by atoms with Gasteiger partial charge in [-0.3, -0.25) is 0 Å². The predicted molar refractivity (Wildman–Crippen MR) is 104 cm³/mol. The van der Waals surface area contributed by atoms with Crippen LogP contribution in [0.1, 0.15) is 23.6 Å². The largest absolute Gasteiger partial charge is 0.494 e. The van der Waals surface area contributed by atoms with Gasteiger partial charge in [-0.05, 0) is 54.1 Å². The first kappa shape index (κ1) is 18.2. The van der Waals surface area contributed by atoms with Gasteiger partial charge in [-0.2, -0.15) is 4.68 Å². The number of aromatic nitrogens is 6. The molecule has 0 bridgehead atoms. The number of hydrogen-bond acceptors (Lipinski definition) is 8. The van der Waals surface area contributed by atoms with Crippen LogP contribution in [-0.2, 0) is 0 Å². The van der Waals surface area contributed by atoms with E-state index in [1.165, 1.54) is 11.8 Å². The number of benzene rings is 2. The van der Waals surface area contributed by atoms with Gasteiger partial charge in [0.25, 0.3) is 0 Å². The minimum atomic E-state index is -0.134. The summed E-state index contributed by atoms with van der Waals surface area (Å²) in [6.07, 6.45) is 0. The average Bonchev–Trinajstić information content (AvgIpc) is 3.38. The monoisotopic (exact) mass is 394 g/mol. The Morgan fingerprint density at radius 3 is 2.68 bits per heavy atom. The molecule has 0 aliphatic heterocycles. The first-order chi connectivity index (χ1) is 13.7. The fourth-order valence-corrected chi connectivity index (χ4v) is 3.50. The Kier molecular flexibility index (Phi) is 5.07. The number of hydrogen-bond donors (Lipinski definition) is 0. The van der Waals surface area contributed by atoms with Gasteiger partial charge in [0, 0.05) is 5.56 Å². The average molecular weight is 394 g/mol. The summed E-state index contributed by atoms with van der Waals surface area (Å²) < 4.78 is 13.0. The molecule has 0 radical (unpaired) electrons. The van der Waals surface area contributed by atoms with Crippen molar-refractivity contribution in [1.82, 2.24) is 30.4 Å². The standard InChI is InChI=1S/C19H18N6O2S/c1-12-9-10-16(26-3)15(11-12)25-19(22-23-24-25)28-13(2)17-20-21-18(27-17)14-7-5-4-6-8-14/h4-11,13H,1-3H3. The summed E-state index contributed by atoms with van der Waals surface area (Å²) in [5, 5.41) is 20.9. The van der Waals surface area contributed by atoms with E-state index in [4.69, 9.17) is 9.15 Å². The molecule has 2 aromatic heterocycles. The number of nitrogens with zero attached hydrogens (tertiary/aromatic N) is 6. The van der Waals surface area contributed by atoms with Crippen molar-refractivity contribution in [3.63, 3.8) is 0 Å². The molecule has 0 N–H and O–H groups in total. The smallest absolute Gasteiger partial charge is 0.247 e. The van der Waals surface area contributed by atoms with E-state index in [0.29, 0.717) is 22.7 Å². The molecule has 0 saturated carbocycles. The number of thioether (sulfide) groups is 1. The summed E-state index contributed by atoms with van der Waals surface area (Å²) in [4.78, 5) is 0. The highest BCUT2D eigenvalue weighted by Gasteiger charge is 2.21. The Hall–Kier alpha value is -3.20. The Balaban J connectivity index is 1.59. The van der Waals surface area contributed by atoms with Crippen molar-refractivity contribution in [2.24, 2.45) is 0 Å². The van der Waals surface area contributed by atoms with Gasteiger partial charge in [0.05, 0.1) is 12.4 Å². The summed E-state index contributed by atoms with van der Waals surface area (Å²) >= 11 is 1.43. The molecule has 142 valence electrons. The van der Waals surface area contributed by atoms with Gasteiger partial charge in [-0.25, -0.2) is 0 Å². The SMILES string of the molecule is COc1ccc(C)cc1-n1nnnc1SC(C)c1nnc(-c2ccccc2)o1. The zero-order valence-electron chi connectivity index (χ0n) is 15.6. The first-order valence-corrected chi connectivity index (χ1v) is 9.52. The van der Waals surface area contributed by atoms with Crippen molar-refractivity contribution in [1.29, 1.82) is 0 Å². The van der Waals surface area contributed by atoms with E-state index in [0.717, 1.165) is 16.8 Å². The zero-order valence-corrected chi connectivity index (χ0v) is 16.4. The molecule has 28 heavy (non-hydrogen) atoms. The highest BCUT2D eigenvalue weighted by atomic mass is 32.2. The second kappa shape index (κ2) is 7.81. The van der Waals surface area contributed by atoms with Gasteiger partial charge < -0.3 is 9.15 Å². The van der Waals surface area contributed by atoms with Crippen LogP contribution in [0.2, 0.25) is 0 Å². The first-order valence-electron chi connectivity index (χ1n) is 8.64. The van der Waals surface area contributed by atoms with Crippen LogP contribution in [0.4, 0.5) is 0 Å². The third-order valence-electron chi connectivity index (χ3n) is 4.09. The summed E-state index contributed by atoms with van der Waals surface area (Å²) in [6, 6.07) is 15.5. The molecule has 0 spiro atoms. The van der Waals surface area contributed by atoms with Crippen LogP contribution in [-0.4, -0.2) is 37.5 Å². The van der Waals surface area contributed by atoms with Gasteiger partial charge in [-0.1, -0.05) is 36.0 Å². The molecular formula is C19H18N6O2S. The number of methoxy groups -OCH3 is 1. The minimum Gasteiger partial charge on any atom is -0.494 e. The molecule has 1 unspecified atom stereocenters. The molecule has 1 atom stereocenters. The van der Waals surface area contributed by atoms with Gasteiger partial charge in [-0.15, -0.1) is 15.3 Å². The molecule has 0 aliphatic carbocycles. The lowest BCUT2D eigenvalue weighted by Gasteiger charge is -2.11. The lowest BCUT2D eigenvalue weighted by atomic mass is 10.2. The Bertz CT molecular complexity index is 1080. The van der Waals surface area contributed by atoms with Gasteiger partial charge in [0.15, 0.2) is 0 Å². The molecule has 2 heterocycles. The van der Waals surface area contributed by atoms with Crippen molar-refractivity contribution < 1.29 is 9.15 Å². The summed E-state index contributed by atoms with van der Waals surface area (Å²) in [5.41, 5.74) is 2.74. The number of ether oxygens (including phenoxy) is 1. The summed E-state index contributed by atoms with van der Waals surface area (Å²) in [5.74, 6) is 1.69. The summed E-state index contributed by atoms with van der Waals surface area (Å²) in [7, 11) is 1.62. The Morgan fingerprint density at radius 1 is 1.07 bits per heavy atom. The quantitative estimate of drug-likeness (QED) is 0.455. The van der Waals surface area contributed by atoms with E-state index in [1.54, 1.807) is 11.8 Å². The fraction of sp³-hybridized carbons (Fsp3) is 0.211. The van der Waals surface area contributed by atoms with Crippen LogP contribution in [0.15, 0.2) is 58.1 Å². The lowest BCUT2D eigenvalue weighted by Crippen LogP contribution is -2.03. The molecule has 4 rings (SSSR count). The normalized spacial score (nSPS) is 12.1. The van der Waals surface area contributed by atoms with Crippen molar-refractivity contribution in [3.05, 3.63) is 60.0 Å².